The van der Waals surface area contributed by atoms with Crippen molar-refractivity contribution in [3.05, 3.63) is 106 Å². The van der Waals surface area contributed by atoms with Gasteiger partial charge in [-0.3, -0.25) is 4.79 Å². The molecule has 1 atom stereocenters. The number of likely N-dealkylation sites (tertiary alicyclic amines) is 1. The maximum Gasteiger partial charge on any atom is 0.407 e. The molecule has 2 aliphatic rings. The van der Waals surface area contributed by atoms with E-state index in [-0.39, 0.29) is 24.8 Å². The largest absolute Gasteiger partial charge is 0.445 e. The molecule has 1 fully saturated rings. The lowest BCUT2D eigenvalue weighted by atomic mass is 10.0. The molecule has 2 heterocycles. The zero-order chi connectivity index (χ0) is 25.1. The SMILES string of the molecule is O=C(N[C@@H]1CCN(C(=O)c2cc(C=C3OC(=O)c4ccccc43)ccc2F)C1)OCc1ccccc1. The fourth-order valence-electron chi connectivity index (χ4n) is 4.31. The quantitative estimate of drug-likeness (QED) is 0.532. The molecule has 0 unspecified atom stereocenters. The molecule has 1 saturated heterocycles. The summed E-state index contributed by atoms with van der Waals surface area (Å²) in [6, 6.07) is 20.2. The van der Waals surface area contributed by atoms with Crippen LogP contribution in [-0.4, -0.2) is 42.0 Å². The third-order valence-electron chi connectivity index (χ3n) is 6.14. The standard InChI is InChI=1S/C28H23FN2O5/c29-24-11-10-19(15-25-21-8-4-5-9-22(21)27(33)36-25)14-23(24)26(32)31-13-12-20(16-31)30-28(34)35-17-18-6-2-1-3-7-18/h1-11,14-15,20H,12-13,16-17H2,(H,30,34)/t20-/m1/s1. The molecule has 0 aliphatic carbocycles. The summed E-state index contributed by atoms with van der Waals surface area (Å²) in [5.41, 5.74) is 2.41. The molecule has 0 bridgehead atoms. The molecule has 7 nitrogen and oxygen atoms in total. The zero-order valence-electron chi connectivity index (χ0n) is 19.3. The summed E-state index contributed by atoms with van der Waals surface area (Å²) in [5.74, 6) is -1.23. The monoisotopic (exact) mass is 486 g/mol. The van der Waals surface area contributed by atoms with E-state index in [1.54, 1.807) is 30.3 Å². The second-order valence-corrected chi connectivity index (χ2v) is 8.63. The van der Waals surface area contributed by atoms with Crippen LogP contribution in [0.4, 0.5) is 9.18 Å². The number of cyclic esters (lactones) is 1. The Kier molecular flexibility index (Phi) is 6.49. The lowest BCUT2D eigenvalue weighted by Gasteiger charge is -2.18. The van der Waals surface area contributed by atoms with E-state index in [2.05, 4.69) is 5.32 Å². The topological polar surface area (TPSA) is 84.9 Å². The maximum absolute atomic E-state index is 14.6. The number of fused-ring (bicyclic) bond motifs is 1. The molecule has 0 aromatic heterocycles. The van der Waals surface area contributed by atoms with Crippen molar-refractivity contribution in [1.29, 1.82) is 0 Å². The Bertz CT molecular complexity index is 1360. The Labute approximate surface area is 207 Å². The van der Waals surface area contributed by atoms with Crippen LogP contribution < -0.4 is 5.32 Å². The van der Waals surface area contributed by atoms with Gasteiger partial charge in [0.2, 0.25) is 0 Å². The summed E-state index contributed by atoms with van der Waals surface area (Å²) in [6.07, 6.45) is 1.57. The molecule has 2 aliphatic heterocycles. The lowest BCUT2D eigenvalue weighted by Crippen LogP contribution is -2.38. The minimum atomic E-state index is -0.648. The summed E-state index contributed by atoms with van der Waals surface area (Å²) in [6.45, 7) is 0.766. The van der Waals surface area contributed by atoms with Gasteiger partial charge in [-0.25, -0.2) is 14.0 Å². The zero-order valence-corrected chi connectivity index (χ0v) is 19.3. The number of halogens is 1. The van der Waals surface area contributed by atoms with E-state index < -0.39 is 23.8 Å². The molecule has 36 heavy (non-hydrogen) atoms. The first-order valence-electron chi connectivity index (χ1n) is 11.6. The van der Waals surface area contributed by atoms with Crippen LogP contribution in [0.5, 0.6) is 0 Å². The first-order valence-corrected chi connectivity index (χ1v) is 11.6. The molecule has 5 rings (SSSR count). The first kappa shape index (κ1) is 23.3. The van der Waals surface area contributed by atoms with Crippen molar-refractivity contribution < 1.29 is 28.2 Å². The van der Waals surface area contributed by atoms with Crippen LogP contribution in [0.1, 0.15) is 43.8 Å². The molecular weight excluding hydrogens is 463 g/mol. The Morgan fingerprint density at radius 3 is 2.61 bits per heavy atom. The Morgan fingerprint density at radius 1 is 1.06 bits per heavy atom. The van der Waals surface area contributed by atoms with E-state index in [0.29, 0.717) is 35.4 Å². The van der Waals surface area contributed by atoms with Gasteiger partial charge in [-0.1, -0.05) is 54.6 Å². The number of ether oxygens (including phenoxy) is 2. The number of carbonyl (C=O) groups excluding carboxylic acids is 3. The number of hydrogen-bond donors (Lipinski definition) is 1. The van der Waals surface area contributed by atoms with E-state index in [1.807, 2.05) is 30.3 Å². The minimum Gasteiger partial charge on any atom is -0.445 e. The molecule has 1 N–H and O–H groups in total. The van der Waals surface area contributed by atoms with Crippen LogP contribution in [0.15, 0.2) is 72.8 Å². The van der Waals surface area contributed by atoms with Crippen molar-refractivity contribution in [1.82, 2.24) is 10.2 Å². The summed E-state index contributed by atoms with van der Waals surface area (Å²) in [5, 5.41) is 2.77. The maximum atomic E-state index is 14.6. The number of hydrogen-bond acceptors (Lipinski definition) is 5. The number of alkyl carbamates (subject to hydrolysis) is 1. The van der Waals surface area contributed by atoms with Crippen LogP contribution in [0.25, 0.3) is 11.8 Å². The van der Waals surface area contributed by atoms with Gasteiger partial charge in [0.15, 0.2) is 0 Å². The van der Waals surface area contributed by atoms with E-state index in [9.17, 15) is 18.8 Å². The summed E-state index contributed by atoms with van der Waals surface area (Å²) >= 11 is 0. The van der Waals surface area contributed by atoms with Crippen molar-refractivity contribution in [2.75, 3.05) is 13.1 Å². The fraction of sp³-hybridized carbons (Fsp3) is 0.179. The molecule has 3 aromatic carbocycles. The third kappa shape index (κ3) is 4.98. The van der Waals surface area contributed by atoms with Crippen LogP contribution in [0.3, 0.4) is 0 Å². The van der Waals surface area contributed by atoms with Crippen molar-refractivity contribution in [3.8, 4) is 0 Å². The van der Waals surface area contributed by atoms with Crippen molar-refractivity contribution in [2.45, 2.75) is 19.1 Å². The van der Waals surface area contributed by atoms with E-state index in [0.717, 1.165) is 5.56 Å². The van der Waals surface area contributed by atoms with Crippen molar-refractivity contribution >= 4 is 29.8 Å². The van der Waals surface area contributed by atoms with Gasteiger partial charge >= 0.3 is 12.1 Å². The Balaban J connectivity index is 1.23. The van der Waals surface area contributed by atoms with Crippen LogP contribution >= 0.6 is 0 Å². The average Bonchev–Trinajstić information content (AvgIpc) is 3.48. The molecule has 3 aromatic rings. The minimum absolute atomic E-state index is 0.0886. The van der Waals surface area contributed by atoms with Gasteiger partial charge in [0.1, 0.15) is 18.2 Å². The van der Waals surface area contributed by atoms with E-state index in [1.165, 1.54) is 23.1 Å². The van der Waals surface area contributed by atoms with Gasteiger partial charge in [-0.05, 0) is 41.8 Å². The summed E-state index contributed by atoms with van der Waals surface area (Å²) < 4.78 is 25.2. The van der Waals surface area contributed by atoms with Crippen molar-refractivity contribution in [3.63, 3.8) is 0 Å². The highest BCUT2D eigenvalue weighted by Crippen LogP contribution is 2.31. The molecule has 0 saturated carbocycles. The summed E-state index contributed by atoms with van der Waals surface area (Å²) in [4.78, 5) is 38.8. The molecular formula is C28H23FN2O5. The smallest absolute Gasteiger partial charge is 0.407 e. The lowest BCUT2D eigenvalue weighted by molar-refractivity contribution is 0.0716. The van der Waals surface area contributed by atoms with Crippen LogP contribution in [0.2, 0.25) is 0 Å². The molecule has 0 spiro atoms. The number of esters is 1. The highest BCUT2D eigenvalue weighted by Gasteiger charge is 2.30. The third-order valence-corrected chi connectivity index (χ3v) is 6.14. The van der Waals surface area contributed by atoms with E-state index >= 15 is 0 Å². The Hall–Kier alpha value is -4.46. The van der Waals surface area contributed by atoms with Gasteiger partial charge in [0.25, 0.3) is 5.91 Å². The molecule has 182 valence electrons. The highest BCUT2D eigenvalue weighted by atomic mass is 19.1. The highest BCUT2D eigenvalue weighted by molar-refractivity contribution is 6.05. The van der Waals surface area contributed by atoms with Gasteiger partial charge in [0, 0.05) is 18.7 Å². The van der Waals surface area contributed by atoms with Crippen molar-refractivity contribution in [2.24, 2.45) is 0 Å². The normalized spacial score (nSPS) is 17.6. The number of nitrogens with one attached hydrogen (secondary N) is 1. The number of nitrogens with zero attached hydrogens (tertiary/aromatic N) is 1. The van der Waals surface area contributed by atoms with Gasteiger partial charge in [-0.2, -0.15) is 0 Å². The predicted octanol–water partition coefficient (Wildman–Crippen LogP) is 4.64. The fourth-order valence-corrected chi connectivity index (χ4v) is 4.31. The number of rotatable bonds is 5. The summed E-state index contributed by atoms with van der Waals surface area (Å²) in [7, 11) is 0. The predicted molar refractivity (Wildman–Crippen MR) is 130 cm³/mol. The average molecular weight is 486 g/mol. The molecule has 8 heteroatoms. The van der Waals surface area contributed by atoms with Gasteiger partial charge in [0.05, 0.1) is 17.2 Å². The van der Waals surface area contributed by atoms with Crippen LogP contribution in [0, 0.1) is 5.82 Å². The molecule has 0 radical (unpaired) electrons. The first-order chi connectivity index (χ1) is 17.5. The number of benzene rings is 3. The Morgan fingerprint density at radius 2 is 1.81 bits per heavy atom. The number of carbonyl (C=O) groups is 3. The van der Waals surface area contributed by atoms with Gasteiger partial charge < -0.3 is 19.7 Å². The van der Waals surface area contributed by atoms with E-state index in [4.69, 9.17) is 9.47 Å². The second-order valence-electron chi connectivity index (χ2n) is 8.63. The molecule has 2 amide bonds. The van der Waals surface area contributed by atoms with Crippen LogP contribution in [-0.2, 0) is 16.1 Å². The second kappa shape index (κ2) is 10.0. The van der Waals surface area contributed by atoms with Gasteiger partial charge in [-0.15, -0.1) is 0 Å². The number of amides is 2.